The lowest BCUT2D eigenvalue weighted by molar-refractivity contribution is -0.121. The third-order valence-electron chi connectivity index (χ3n) is 3.24. The van der Waals surface area contributed by atoms with Crippen LogP contribution in [0.2, 0.25) is 0 Å². The zero-order chi connectivity index (χ0) is 15.5. The first-order valence-electron chi connectivity index (χ1n) is 7.18. The summed E-state index contributed by atoms with van der Waals surface area (Å²) in [4.78, 5) is 25.9. The van der Waals surface area contributed by atoms with Gasteiger partial charge in [-0.2, -0.15) is 0 Å². The molecule has 2 rings (SSSR count). The molecule has 1 aromatic rings. The Kier molecular flexibility index (Phi) is 4.50. The number of hydrogen-bond acceptors (Lipinski definition) is 3. The second-order valence-electron chi connectivity index (χ2n) is 6.15. The van der Waals surface area contributed by atoms with E-state index in [2.05, 4.69) is 5.32 Å². The Bertz CT molecular complexity index is 508. The highest BCUT2D eigenvalue weighted by atomic mass is 16.6. The number of rotatable bonds is 1. The predicted octanol–water partition coefficient (Wildman–Crippen LogP) is 2.48. The summed E-state index contributed by atoms with van der Waals surface area (Å²) in [5, 5.41) is 2.80. The third kappa shape index (κ3) is 4.21. The van der Waals surface area contributed by atoms with Gasteiger partial charge in [0.2, 0.25) is 5.91 Å². The minimum Gasteiger partial charge on any atom is -0.444 e. The number of benzene rings is 1. The molecule has 5 heteroatoms. The fraction of sp³-hybridized carbons (Fsp3) is 0.500. The summed E-state index contributed by atoms with van der Waals surface area (Å²) in [6, 6.07) is 9.31. The molecular formula is C16H22N2O3. The van der Waals surface area contributed by atoms with Gasteiger partial charge in [-0.05, 0) is 26.3 Å². The first-order chi connectivity index (χ1) is 9.87. The van der Waals surface area contributed by atoms with Gasteiger partial charge in [-0.3, -0.25) is 9.69 Å². The molecule has 1 aromatic carbocycles. The van der Waals surface area contributed by atoms with Crippen LogP contribution in [0.4, 0.5) is 4.79 Å². The van der Waals surface area contributed by atoms with E-state index >= 15 is 0 Å². The van der Waals surface area contributed by atoms with Crippen LogP contribution < -0.4 is 5.32 Å². The van der Waals surface area contributed by atoms with Crippen molar-refractivity contribution in [2.75, 3.05) is 13.1 Å². The monoisotopic (exact) mass is 290 g/mol. The van der Waals surface area contributed by atoms with Crippen LogP contribution in [-0.4, -0.2) is 35.6 Å². The van der Waals surface area contributed by atoms with E-state index < -0.39 is 5.60 Å². The highest BCUT2D eigenvalue weighted by molar-refractivity contribution is 5.79. The topological polar surface area (TPSA) is 58.6 Å². The molecule has 0 bridgehead atoms. The molecule has 1 N–H and O–H groups in total. The zero-order valence-electron chi connectivity index (χ0n) is 12.8. The largest absolute Gasteiger partial charge is 0.444 e. The Hall–Kier alpha value is -2.04. The van der Waals surface area contributed by atoms with Gasteiger partial charge in [0.25, 0.3) is 0 Å². The molecule has 0 aliphatic carbocycles. The van der Waals surface area contributed by atoms with Crippen LogP contribution >= 0.6 is 0 Å². The maximum atomic E-state index is 12.4. The van der Waals surface area contributed by atoms with E-state index in [0.717, 1.165) is 5.56 Å². The predicted molar refractivity (Wildman–Crippen MR) is 79.7 cm³/mol. The molecule has 1 heterocycles. The average Bonchev–Trinajstić information content (AvgIpc) is 2.59. The Morgan fingerprint density at radius 1 is 1.29 bits per heavy atom. The van der Waals surface area contributed by atoms with Gasteiger partial charge < -0.3 is 10.1 Å². The standard InChI is InChI=1S/C16H22N2O3/c1-16(2,3)21-15(20)18-10-9-17-14(19)11-13(18)12-7-5-4-6-8-12/h4-8,13H,9-11H2,1-3H3,(H,17,19). The molecule has 1 aliphatic heterocycles. The van der Waals surface area contributed by atoms with E-state index in [-0.39, 0.29) is 24.5 Å². The van der Waals surface area contributed by atoms with E-state index in [0.29, 0.717) is 13.1 Å². The van der Waals surface area contributed by atoms with Crippen molar-refractivity contribution in [3.05, 3.63) is 35.9 Å². The molecule has 1 saturated heterocycles. The van der Waals surface area contributed by atoms with Gasteiger partial charge in [0.1, 0.15) is 5.60 Å². The molecule has 0 aromatic heterocycles. The number of ether oxygens (including phenoxy) is 1. The molecule has 1 unspecified atom stereocenters. The van der Waals surface area contributed by atoms with Crippen molar-refractivity contribution in [3.8, 4) is 0 Å². The summed E-state index contributed by atoms with van der Waals surface area (Å²) in [6.45, 7) is 6.40. The summed E-state index contributed by atoms with van der Waals surface area (Å²) >= 11 is 0. The highest BCUT2D eigenvalue weighted by Crippen LogP contribution is 2.27. The lowest BCUT2D eigenvalue weighted by Gasteiger charge is -2.31. The molecule has 21 heavy (non-hydrogen) atoms. The van der Waals surface area contributed by atoms with Gasteiger partial charge in [-0.15, -0.1) is 0 Å². The van der Waals surface area contributed by atoms with Gasteiger partial charge in [0, 0.05) is 13.1 Å². The van der Waals surface area contributed by atoms with Crippen molar-refractivity contribution >= 4 is 12.0 Å². The Morgan fingerprint density at radius 3 is 2.57 bits per heavy atom. The summed E-state index contributed by atoms with van der Waals surface area (Å²) in [7, 11) is 0. The normalized spacial score (nSPS) is 19.7. The van der Waals surface area contributed by atoms with Crippen molar-refractivity contribution in [1.82, 2.24) is 10.2 Å². The molecule has 2 amide bonds. The van der Waals surface area contributed by atoms with Crippen LogP contribution in [0.25, 0.3) is 0 Å². The first-order valence-corrected chi connectivity index (χ1v) is 7.18. The number of carbonyl (C=O) groups excluding carboxylic acids is 2. The van der Waals surface area contributed by atoms with Gasteiger partial charge in [-0.1, -0.05) is 30.3 Å². The minimum atomic E-state index is -0.554. The quantitative estimate of drug-likeness (QED) is 0.864. The molecule has 0 saturated carbocycles. The van der Waals surface area contributed by atoms with Crippen molar-refractivity contribution < 1.29 is 14.3 Å². The van der Waals surface area contributed by atoms with Crippen LogP contribution in [0.15, 0.2) is 30.3 Å². The van der Waals surface area contributed by atoms with E-state index in [4.69, 9.17) is 4.74 Å². The summed E-state index contributed by atoms with van der Waals surface area (Å²) in [5.74, 6) is -0.0464. The Morgan fingerprint density at radius 2 is 1.95 bits per heavy atom. The molecule has 5 nitrogen and oxygen atoms in total. The van der Waals surface area contributed by atoms with E-state index in [1.165, 1.54) is 0 Å². The summed E-state index contributed by atoms with van der Waals surface area (Å²) < 4.78 is 5.47. The fourth-order valence-corrected chi connectivity index (χ4v) is 2.34. The number of amides is 2. The van der Waals surface area contributed by atoms with Crippen LogP contribution in [0.1, 0.15) is 38.8 Å². The van der Waals surface area contributed by atoms with Crippen molar-refractivity contribution in [3.63, 3.8) is 0 Å². The number of nitrogens with zero attached hydrogens (tertiary/aromatic N) is 1. The van der Waals surface area contributed by atoms with Crippen molar-refractivity contribution in [2.24, 2.45) is 0 Å². The van der Waals surface area contributed by atoms with E-state index in [1.807, 2.05) is 51.1 Å². The lowest BCUT2D eigenvalue weighted by atomic mass is 10.0. The molecule has 0 radical (unpaired) electrons. The molecule has 1 atom stereocenters. The second-order valence-corrected chi connectivity index (χ2v) is 6.15. The molecular weight excluding hydrogens is 268 g/mol. The van der Waals surface area contributed by atoms with Crippen LogP contribution in [0, 0.1) is 0 Å². The number of carbonyl (C=O) groups is 2. The fourth-order valence-electron chi connectivity index (χ4n) is 2.34. The third-order valence-corrected chi connectivity index (χ3v) is 3.24. The Balaban J connectivity index is 2.26. The minimum absolute atomic E-state index is 0.0464. The average molecular weight is 290 g/mol. The molecule has 1 fully saturated rings. The second kappa shape index (κ2) is 6.16. The van der Waals surface area contributed by atoms with Crippen molar-refractivity contribution in [2.45, 2.75) is 38.8 Å². The molecule has 114 valence electrons. The SMILES string of the molecule is CC(C)(C)OC(=O)N1CCNC(=O)CC1c1ccccc1. The summed E-state index contributed by atoms with van der Waals surface area (Å²) in [5.41, 5.74) is 0.391. The first kappa shape index (κ1) is 15.4. The van der Waals surface area contributed by atoms with Gasteiger partial charge in [-0.25, -0.2) is 4.79 Å². The van der Waals surface area contributed by atoms with Gasteiger partial charge in [0.15, 0.2) is 0 Å². The van der Waals surface area contributed by atoms with Crippen molar-refractivity contribution in [1.29, 1.82) is 0 Å². The van der Waals surface area contributed by atoms with Gasteiger partial charge >= 0.3 is 6.09 Å². The van der Waals surface area contributed by atoms with Crippen LogP contribution in [0.5, 0.6) is 0 Å². The van der Waals surface area contributed by atoms with Gasteiger partial charge in [0.05, 0.1) is 12.5 Å². The molecule has 1 aliphatic rings. The van der Waals surface area contributed by atoms with E-state index in [9.17, 15) is 9.59 Å². The zero-order valence-corrected chi connectivity index (χ0v) is 12.8. The highest BCUT2D eigenvalue weighted by Gasteiger charge is 2.32. The Labute approximate surface area is 125 Å². The van der Waals surface area contributed by atoms with Crippen LogP contribution in [0.3, 0.4) is 0 Å². The summed E-state index contributed by atoms with van der Waals surface area (Å²) in [6.07, 6.45) is -0.128. The van der Waals surface area contributed by atoms with E-state index in [1.54, 1.807) is 4.90 Å². The maximum Gasteiger partial charge on any atom is 0.410 e. The van der Waals surface area contributed by atoms with Crippen LogP contribution in [-0.2, 0) is 9.53 Å². The lowest BCUT2D eigenvalue weighted by Crippen LogP contribution is -2.40. The molecule has 0 spiro atoms. The maximum absolute atomic E-state index is 12.4. The number of hydrogen-bond donors (Lipinski definition) is 1. The smallest absolute Gasteiger partial charge is 0.410 e. The number of nitrogens with one attached hydrogen (secondary N) is 1.